The van der Waals surface area contributed by atoms with Crippen molar-refractivity contribution in [3.05, 3.63) is 215 Å². The highest BCUT2D eigenvalue weighted by molar-refractivity contribution is 7.86. The van der Waals surface area contributed by atoms with Gasteiger partial charge in [-0.05, 0) is 111 Å². The summed E-state index contributed by atoms with van der Waals surface area (Å²) in [6, 6.07) is 61.5. The van der Waals surface area contributed by atoms with E-state index in [-0.39, 0.29) is 0 Å². The molecule has 2 unspecified atom stereocenters. The summed E-state index contributed by atoms with van der Waals surface area (Å²) >= 11 is 0. The lowest BCUT2D eigenvalue weighted by Gasteiger charge is -2.32. The first-order chi connectivity index (χ1) is 27.3. The average molecular weight is 757 g/mol. The highest BCUT2D eigenvalue weighted by atomic mass is 31.2. The van der Waals surface area contributed by atoms with Gasteiger partial charge in [-0.3, -0.25) is 0 Å². The average Bonchev–Trinajstić information content (AvgIpc) is 3.79. The lowest BCUT2D eigenvalue weighted by Crippen LogP contribution is -2.31. The molecule has 1 spiro atoms. The fourth-order valence-corrected chi connectivity index (χ4v) is 16.8. The van der Waals surface area contributed by atoms with E-state index in [4.69, 9.17) is 0 Å². The maximum atomic E-state index is 16.3. The third-order valence-corrected chi connectivity index (χ3v) is 19.5. The van der Waals surface area contributed by atoms with Crippen molar-refractivity contribution in [1.82, 2.24) is 0 Å². The van der Waals surface area contributed by atoms with Gasteiger partial charge in [0, 0.05) is 31.8 Å². The van der Waals surface area contributed by atoms with E-state index >= 15 is 9.13 Å². The minimum absolute atomic E-state index is 0.726. The summed E-state index contributed by atoms with van der Waals surface area (Å²) in [5.74, 6) is 0. The molecule has 0 saturated heterocycles. The Hall–Kier alpha value is -5.78. The Bertz CT molecular complexity index is 3050. The van der Waals surface area contributed by atoms with Crippen molar-refractivity contribution in [2.75, 3.05) is 0 Å². The molecular weight excluding hydrogens is 719 g/mol. The van der Waals surface area contributed by atoms with Gasteiger partial charge in [-0.2, -0.15) is 0 Å². The van der Waals surface area contributed by atoms with Crippen LogP contribution in [-0.2, 0) is 14.5 Å². The number of aryl methyl sites for hydroxylation is 3. The fourth-order valence-electron chi connectivity index (χ4n) is 10.4. The topological polar surface area (TPSA) is 34.1 Å². The smallest absolute Gasteiger partial charge is 0.172 e. The highest BCUT2D eigenvalue weighted by Crippen LogP contribution is 2.65. The van der Waals surface area contributed by atoms with Gasteiger partial charge in [0.2, 0.25) is 0 Å². The van der Waals surface area contributed by atoms with Crippen molar-refractivity contribution in [3.8, 4) is 33.4 Å². The molecule has 2 nitrogen and oxygen atoms in total. The zero-order valence-electron chi connectivity index (χ0n) is 31.5. The van der Waals surface area contributed by atoms with Crippen LogP contribution in [0.2, 0.25) is 0 Å². The molecule has 0 radical (unpaired) electrons. The van der Waals surface area contributed by atoms with Crippen LogP contribution in [0.5, 0.6) is 0 Å². The molecule has 2 aliphatic carbocycles. The van der Waals surface area contributed by atoms with Crippen molar-refractivity contribution in [3.63, 3.8) is 0 Å². The van der Waals surface area contributed by atoms with Crippen molar-refractivity contribution >= 4 is 46.1 Å². The van der Waals surface area contributed by atoms with E-state index in [9.17, 15) is 0 Å². The summed E-state index contributed by atoms with van der Waals surface area (Å²) < 4.78 is 32.5. The van der Waals surface area contributed by atoms with E-state index in [2.05, 4.69) is 142 Å². The number of hydrogen-bond acceptors (Lipinski definition) is 2. The molecule has 56 heavy (non-hydrogen) atoms. The van der Waals surface area contributed by atoms with Gasteiger partial charge in [-0.25, -0.2) is 0 Å². The van der Waals surface area contributed by atoms with Crippen LogP contribution in [-0.4, -0.2) is 0 Å². The standard InChI is InChI=1S/C52H38O2P2/c1-33-16-4-12-24-47(33)55(53,48-25-13-5-17-34(48)2)36-28-29-39-37-19-7-10-22-43(37)52(45(39)30-36)44-23-11-8-20-38(44)41-31-42-40-21-9-15-27-50(40)56(54,51(42)32-46(41)52)49-26-14-6-18-35(49)3/h4-32H,1-3H3. The Kier molecular flexibility index (Phi) is 7.11. The van der Waals surface area contributed by atoms with Crippen LogP contribution in [0.25, 0.3) is 33.4 Å². The molecule has 0 bridgehead atoms. The Balaban J connectivity index is 1.26. The number of rotatable bonds is 4. The molecule has 268 valence electrons. The molecular formula is C52H38O2P2. The normalized spacial score (nSPS) is 18.2. The van der Waals surface area contributed by atoms with Crippen molar-refractivity contribution in [1.29, 1.82) is 0 Å². The molecule has 8 aromatic carbocycles. The van der Waals surface area contributed by atoms with Crippen LogP contribution >= 0.6 is 14.3 Å². The SMILES string of the molecule is Cc1ccccc1P(=O)(c1ccc2c(c1)C1(c3ccccc3-2)c2ccccc2-c2cc3c(cc21)P(=O)(c1ccccc1C)c1ccccc1-3)c1ccccc1C. The molecule has 3 aliphatic rings. The predicted molar refractivity (Wildman–Crippen MR) is 235 cm³/mol. The van der Waals surface area contributed by atoms with E-state index in [0.29, 0.717) is 0 Å². The van der Waals surface area contributed by atoms with Crippen LogP contribution in [0, 0.1) is 20.8 Å². The predicted octanol–water partition coefficient (Wildman–Crippen LogP) is 10.2. The molecule has 0 N–H and O–H groups in total. The second-order valence-corrected chi connectivity index (χ2v) is 20.9. The second kappa shape index (κ2) is 11.9. The third kappa shape index (κ3) is 4.14. The molecule has 0 amide bonds. The summed E-state index contributed by atoms with van der Waals surface area (Å²) in [5.41, 5.74) is 13.7. The van der Waals surface area contributed by atoms with E-state index in [1.165, 1.54) is 22.3 Å². The van der Waals surface area contributed by atoms with Crippen molar-refractivity contribution in [2.24, 2.45) is 0 Å². The van der Waals surface area contributed by atoms with Crippen molar-refractivity contribution in [2.45, 2.75) is 26.2 Å². The number of hydrogen-bond donors (Lipinski definition) is 0. The van der Waals surface area contributed by atoms with Crippen LogP contribution in [0.15, 0.2) is 176 Å². The van der Waals surface area contributed by atoms with Gasteiger partial charge < -0.3 is 9.13 Å². The summed E-state index contributed by atoms with van der Waals surface area (Å²) in [7, 11) is -6.63. The molecule has 0 aromatic heterocycles. The van der Waals surface area contributed by atoms with Gasteiger partial charge in [0.05, 0.1) is 5.41 Å². The molecule has 11 rings (SSSR count). The van der Waals surface area contributed by atoms with E-state index < -0.39 is 19.7 Å². The van der Waals surface area contributed by atoms with Crippen LogP contribution < -0.4 is 31.8 Å². The monoisotopic (exact) mass is 756 g/mol. The minimum atomic E-state index is -3.37. The third-order valence-electron chi connectivity index (χ3n) is 12.8. The lowest BCUT2D eigenvalue weighted by molar-refractivity contribution is 0.591. The second-order valence-electron chi connectivity index (χ2n) is 15.6. The van der Waals surface area contributed by atoms with E-state index in [1.807, 2.05) is 54.6 Å². The Morgan fingerprint density at radius 3 is 1.50 bits per heavy atom. The van der Waals surface area contributed by atoms with Gasteiger partial charge in [-0.15, -0.1) is 0 Å². The Morgan fingerprint density at radius 1 is 0.393 bits per heavy atom. The molecule has 0 saturated carbocycles. The lowest BCUT2D eigenvalue weighted by atomic mass is 9.70. The van der Waals surface area contributed by atoms with Gasteiger partial charge in [-0.1, -0.05) is 158 Å². The van der Waals surface area contributed by atoms with Crippen LogP contribution in [0.1, 0.15) is 38.9 Å². The summed E-state index contributed by atoms with van der Waals surface area (Å²) in [6.45, 7) is 6.21. The molecule has 0 fully saturated rings. The number of fused-ring (bicyclic) bond motifs is 13. The molecule has 8 aromatic rings. The highest BCUT2D eigenvalue weighted by Gasteiger charge is 2.54. The summed E-state index contributed by atoms with van der Waals surface area (Å²) in [4.78, 5) is 0. The van der Waals surface area contributed by atoms with Gasteiger partial charge >= 0.3 is 0 Å². The van der Waals surface area contributed by atoms with Crippen LogP contribution in [0.4, 0.5) is 0 Å². The largest absolute Gasteiger partial charge is 0.309 e. The van der Waals surface area contributed by atoms with E-state index in [1.54, 1.807) is 0 Å². The van der Waals surface area contributed by atoms with E-state index in [0.717, 1.165) is 81.9 Å². The first-order valence-corrected chi connectivity index (χ1v) is 22.7. The number of benzene rings is 8. The molecule has 2 atom stereocenters. The van der Waals surface area contributed by atoms with Crippen LogP contribution in [0.3, 0.4) is 0 Å². The summed E-state index contributed by atoms with van der Waals surface area (Å²) in [6.07, 6.45) is 0. The fraction of sp³-hybridized carbons (Fsp3) is 0.0769. The maximum absolute atomic E-state index is 16.3. The zero-order chi connectivity index (χ0) is 38.0. The molecule has 4 heteroatoms. The molecule has 1 heterocycles. The Morgan fingerprint density at radius 2 is 0.875 bits per heavy atom. The van der Waals surface area contributed by atoms with Crippen molar-refractivity contribution < 1.29 is 9.13 Å². The summed E-state index contributed by atoms with van der Waals surface area (Å²) in [5, 5.41) is 5.23. The first kappa shape index (κ1) is 33.5. The van der Waals surface area contributed by atoms with Gasteiger partial charge in [0.15, 0.2) is 14.3 Å². The van der Waals surface area contributed by atoms with Gasteiger partial charge in [0.1, 0.15) is 0 Å². The van der Waals surface area contributed by atoms with Gasteiger partial charge in [0.25, 0.3) is 0 Å². The maximum Gasteiger partial charge on any atom is 0.172 e. The first-order valence-electron chi connectivity index (χ1n) is 19.3. The minimum Gasteiger partial charge on any atom is -0.309 e. The Labute approximate surface area is 328 Å². The molecule has 1 aliphatic heterocycles. The quantitative estimate of drug-likeness (QED) is 0.168. The zero-order valence-corrected chi connectivity index (χ0v) is 33.2.